The highest BCUT2D eigenvalue weighted by Gasteiger charge is 2.57. The molecule has 0 bridgehead atoms. The third-order valence-corrected chi connectivity index (χ3v) is 4.70. The fourth-order valence-corrected chi connectivity index (χ4v) is 3.73. The summed E-state index contributed by atoms with van der Waals surface area (Å²) < 4.78 is 0. The van der Waals surface area contributed by atoms with E-state index < -0.39 is 0 Å². The second kappa shape index (κ2) is 3.07. The summed E-state index contributed by atoms with van der Waals surface area (Å²) in [6.45, 7) is 9.91. The average molecular weight is 209 g/mol. The van der Waals surface area contributed by atoms with Gasteiger partial charge in [-0.1, -0.05) is 13.8 Å². The lowest BCUT2D eigenvalue weighted by Crippen LogP contribution is -2.05. The highest BCUT2D eigenvalue weighted by molar-refractivity contribution is 7.12. The van der Waals surface area contributed by atoms with Gasteiger partial charge < -0.3 is 5.73 Å². The summed E-state index contributed by atoms with van der Waals surface area (Å²) in [5.41, 5.74) is 7.77. The molecule has 1 saturated carbocycles. The van der Waals surface area contributed by atoms with Crippen molar-refractivity contribution in [2.75, 3.05) is 6.54 Å². The van der Waals surface area contributed by atoms with Gasteiger partial charge in [0.05, 0.1) is 0 Å². The van der Waals surface area contributed by atoms with Crippen LogP contribution < -0.4 is 5.73 Å². The number of aryl methyl sites for hydroxylation is 2. The molecule has 1 nitrogen and oxygen atoms in total. The first-order chi connectivity index (χ1) is 6.48. The molecule has 0 amide bonds. The first kappa shape index (κ1) is 10.2. The van der Waals surface area contributed by atoms with Gasteiger partial charge in [-0.2, -0.15) is 0 Å². The Morgan fingerprint density at radius 1 is 1.43 bits per heavy atom. The van der Waals surface area contributed by atoms with Crippen molar-refractivity contribution < 1.29 is 0 Å². The maximum absolute atomic E-state index is 5.80. The molecule has 0 radical (unpaired) electrons. The molecule has 2 rings (SSSR count). The monoisotopic (exact) mass is 209 g/mol. The third kappa shape index (κ3) is 1.32. The molecular weight excluding hydrogens is 190 g/mol. The number of hydrogen-bond acceptors (Lipinski definition) is 2. The second-order valence-corrected chi connectivity index (χ2v) is 6.47. The van der Waals surface area contributed by atoms with Crippen molar-refractivity contribution in [2.24, 2.45) is 17.1 Å². The number of thiophene rings is 1. The van der Waals surface area contributed by atoms with E-state index in [0.29, 0.717) is 17.3 Å². The summed E-state index contributed by atoms with van der Waals surface area (Å²) >= 11 is 1.91. The van der Waals surface area contributed by atoms with Crippen LogP contribution in [0.4, 0.5) is 0 Å². The van der Waals surface area contributed by atoms with E-state index >= 15 is 0 Å². The van der Waals surface area contributed by atoms with E-state index in [1.807, 2.05) is 11.3 Å². The maximum Gasteiger partial charge on any atom is 0.00521 e. The number of hydrogen-bond donors (Lipinski definition) is 1. The molecule has 0 aromatic carbocycles. The van der Waals surface area contributed by atoms with Gasteiger partial charge in [0.15, 0.2) is 0 Å². The lowest BCUT2D eigenvalue weighted by Gasteiger charge is -2.01. The van der Waals surface area contributed by atoms with E-state index in [-0.39, 0.29) is 0 Å². The molecular formula is C12H19NS. The Labute approximate surface area is 90.3 Å². The minimum absolute atomic E-state index is 0.424. The molecule has 1 aromatic rings. The largest absolute Gasteiger partial charge is 0.330 e. The van der Waals surface area contributed by atoms with E-state index in [1.165, 1.54) is 9.75 Å². The molecule has 1 heterocycles. The highest BCUT2D eigenvalue weighted by Crippen LogP contribution is 2.64. The summed E-state index contributed by atoms with van der Waals surface area (Å²) in [5.74, 6) is 1.40. The van der Waals surface area contributed by atoms with E-state index in [4.69, 9.17) is 5.73 Å². The first-order valence-electron chi connectivity index (χ1n) is 5.25. The molecule has 0 unspecified atom stereocenters. The minimum Gasteiger partial charge on any atom is -0.330 e. The number of rotatable bonds is 2. The summed E-state index contributed by atoms with van der Waals surface area (Å²) in [4.78, 5) is 2.91. The van der Waals surface area contributed by atoms with Crippen LogP contribution in [0, 0.1) is 25.2 Å². The summed E-state index contributed by atoms with van der Waals surface area (Å²) in [6.07, 6.45) is 0. The topological polar surface area (TPSA) is 26.0 Å². The lowest BCUT2D eigenvalue weighted by atomic mass is 10.0. The Balaban J connectivity index is 2.30. The zero-order valence-electron chi connectivity index (χ0n) is 9.42. The van der Waals surface area contributed by atoms with Gasteiger partial charge in [-0.15, -0.1) is 11.3 Å². The molecule has 1 fully saturated rings. The SMILES string of the molecule is Cc1cc([C@@H]2[C@@H](CN)C2(C)C)c(C)s1. The van der Waals surface area contributed by atoms with Gasteiger partial charge in [-0.05, 0) is 49.3 Å². The molecule has 0 saturated heterocycles. The Bertz CT molecular complexity index is 351. The molecule has 14 heavy (non-hydrogen) atoms. The van der Waals surface area contributed by atoms with Crippen molar-refractivity contribution in [2.45, 2.75) is 33.6 Å². The zero-order chi connectivity index (χ0) is 10.5. The summed E-state index contributed by atoms with van der Waals surface area (Å²) in [5, 5.41) is 0. The average Bonchev–Trinajstić information content (AvgIpc) is 2.46. The maximum atomic E-state index is 5.80. The van der Waals surface area contributed by atoms with Crippen molar-refractivity contribution in [3.05, 3.63) is 21.4 Å². The van der Waals surface area contributed by atoms with Gasteiger partial charge in [0, 0.05) is 9.75 Å². The van der Waals surface area contributed by atoms with Crippen LogP contribution in [-0.2, 0) is 0 Å². The predicted molar refractivity (Wildman–Crippen MR) is 62.9 cm³/mol. The molecule has 2 N–H and O–H groups in total. The van der Waals surface area contributed by atoms with Crippen LogP contribution in [0.25, 0.3) is 0 Å². The molecule has 0 aliphatic heterocycles. The van der Waals surface area contributed by atoms with Gasteiger partial charge in [-0.25, -0.2) is 0 Å². The Kier molecular flexibility index (Phi) is 2.24. The van der Waals surface area contributed by atoms with Crippen molar-refractivity contribution in [3.8, 4) is 0 Å². The molecule has 0 spiro atoms. The predicted octanol–water partition coefficient (Wildman–Crippen LogP) is 3.06. The van der Waals surface area contributed by atoms with E-state index in [9.17, 15) is 0 Å². The van der Waals surface area contributed by atoms with Crippen LogP contribution >= 0.6 is 11.3 Å². The molecule has 2 atom stereocenters. The summed E-state index contributed by atoms with van der Waals surface area (Å²) in [6, 6.07) is 2.35. The highest BCUT2D eigenvalue weighted by atomic mass is 32.1. The Hall–Kier alpha value is -0.340. The van der Waals surface area contributed by atoms with Crippen molar-refractivity contribution in [1.82, 2.24) is 0 Å². The van der Waals surface area contributed by atoms with Gasteiger partial charge in [0.2, 0.25) is 0 Å². The van der Waals surface area contributed by atoms with Crippen molar-refractivity contribution in [1.29, 1.82) is 0 Å². The Morgan fingerprint density at radius 2 is 2.07 bits per heavy atom. The molecule has 1 aromatic heterocycles. The van der Waals surface area contributed by atoms with Crippen LogP contribution in [0.15, 0.2) is 6.07 Å². The second-order valence-electron chi connectivity index (χ2n) is 5.01. The standard InChI is InChI=1S/C12H19NS/c1-7-5-9(8(2)14-7)11-10(6-13)12(11,3)4/h5,10-11H,6,13H2,1-4H3/t10-,11-/m1/s1. The van der Waals surface area contributed by atoms with Crippen LogP contribution in [0.5, 0.6) is 0 Å². The van der Waals surface area contributed by atoms with Crippen molar-refractivity contribution in [3.63, 3.8) is 0 Å². The van der Waals surface area contributed by atoms with Crippen LogP contribution in [-0.4, -0.2) is 6.54 Å². The first-order valence-corrected chi connectivity index (χ1v) is 6.07. The van der Waals surface area contributed by atoms with Gasteiger partial charge in [0.1, 0.15) is 0 Å². The van der Waals surface area contributed by atoms with Crippen molar-refractivity contribution >= 4 is 11.3 Å². The normalized spacial score (nSPS) is 29.2. The molecule has 1 aliphatic carbocycles. The fourth-order valence-electron chi connectivity index (χ4n) is 2.76. The fraction of sp³-hybridized carbons (Fsp3) is 0.667. The van der Waals surface area contributed by atoms with E-state index in [0.717, 1.165) is 6.54 Å². The zero-order valence-corrected chi connectivity index (χ0v) is 10.2. The van der Waals surface area contributed by atoms with Gasteiger partial charge >= 0.3 is 0 Å². The van der Waals surface area contributed by atoms with Crippen LogP contribution in [0.1, 0.15) is 35.1 Å². The minimum atomic E-state index is 0.424. The van der Waals surface area contributed by atoms with Gasteiger partial charge in [-0.3, -0.25) is 0 Å². The summed E-state index contributed by atoms with van der Waals surface area (Å²) in [7, 11) is 0. The molecule has 78 valence electrons. The number of nitrogens with two attached hydrogens (primary N) is 1. The van der Waals surface area contributed by atoms with Crippen LogP contribution in [0.3, 0.4) is 0 Å². The van der Waals surface area contributed by atoms with E-state index in [2.05, 4.69) is 33.8 Å². The quantitative estimate of drug-likeness (QED) is 0.796. The van der Waals surface area contributed by atoms with Crippen LogP contribution in [0.2, 0.25) is 0 Å². The lowest BCUT2D eigenvalue weighted by molar-refractivity contribution is 0.558. The smallest absolute Gasteiger partial charge is 0.00521 e. The third-order valence-electron chi connectivity index (χ3n) is 3.72. The molecule has 1 aliphatic rings. The Morgan fingerprint density at radius 3 is 2.43 bits per heavy atom. The van der Waals surface area contributed by atoms with Gasteiger partial charge in [0.25, 0.3) is 0 Å². The van der Waals surface area contributed by atoms with E-state index in [1.54, 1.807) is 5.56 Å². The molecule has 2 heteroatoms.